The molecule has 5 amide bonds. The molecule has 22 N–H and O–H groups in total. The highest BCUT2D eigenvalue weighted by Crippen LogP contribution is 2.59. The van der Waals surface area contributed by atoms with E-state index in [4.69, 9.17) is 67.8 Å². The first kappa shape index (κ1) is 97.3. The zero-order valence-electron chi connectivity index (χ0n) is 70.4. The molecule has 36 heteroatoms. The van der Waals surface area contributed by atoms with Crippen LogP contribution in [0.2, 0.25) is 10.0 Å². The van der Waals surface area contributed by atoms with Crippen molar-refractivity contribution in [3.8, 4) is 62.9 Å². The van der Waals surface area contributed by atoms with Gasteiger partial charge in [0, 0.05) is 65.6 Å². The molecule has 6 fully saturated rings. The Hall–Kier alpha value is -9.31. The third-order valence-electron chi connectivity index (χ3n) is 25.2. The molecule has 18 atom stereocenters. The van der Waals surface area contributed by atoms with E-state index in [1.54, 1.807) is 6.92 Å². The van der Waals surface area contributed by atoms with Gasteiger partial charge in [-0.3, -0.25) is 38.4 Å². The number of nitrogens with two attached hydrogens (primary N) is 2. The summed E-state index contributed by atoms with van der Waals surface area (Å²) >= 11 is 18.6. The van der Waals surface area contributed by atoms with Gasteiger partial charge in [-0.05, 0) is 221 Å². The Kier molecular flexibility index (Phi) is 32.0. The number of hydrogen-bond acceptors (Lipinski definition) is 27. The maximum Gasteiger partial charge on any atom is 0.246 e. The predicted octanol–water partition coefficient (Wildman–Crippen LogP) is 6.78. The van der Waals surface area contributed by atoms with Crippen molar-refractivity contribution in [3.63, 3.8) is 0 Å². The van der Waals surface area contributed by atoms with Crippen LogP contribution in [0.4, 0.5) is 0 Å². The maximum absolute atomic E-state index is 16.4. The molecule has 2 saturated heterocycles. The summed E-state index contributed by atoms with van der Waals surface area (Å²) in [5.41, 5.74) is 9.62. The standard InChI is InChI=1S/C80H94Cl2N6O23.C10H15NOS.2H2O/c1-6-36(13-32(2)3)75(102)87-66-53(93)22-43(25-61(83)96)76(103)85-64-42-23-58(107-56-11-8-38(68(66)97)20-49(56)81)72(111-79-73(71(100)70(99)60(31-89)109-79)110-62-30-80(5,84)74(101)33(4)106-62)59(24-42)108-57-12-9-39(21-50(57)82)69(98)67-78(105)86-65(55(95)28-45-40-15-34-14-35(17-40)18-41(45)16-34)48-26-44(90)27-52(92)63(48)47-19-37(7-10-51(47)91)46(29-54(64)94)77(104)88-67;1-11-7-2-8-12-9-3-5-10(13)6-4-9;;/h7-12,19-21,23-24,26-27,32-36,40-41,43,45-46,60,62,64-71,73-74,79,89-92,97-101H,6,13-18,22,25,28-31,84H2,1-5H3,(H2,83,96)(H,85,103)(H,86,105)(H,87,102)(H,88,104);3-6,11,13H,2,7-8H2,1H3;2*1H2/t33-,34?,35?,36+,40?,41?,43-,45?,46+,60+,62-,64+,65-,66-,67-,68+,69+,70+,71-,73+,74+,79-,80-;;;/m0.../s1. The first-order chi connectivity index (χ1) is 59.0. The molecule has 126 heavy (non-hydrogen) atoms. The van der Waals surface area contributed by atoms with Gasteiger partial charge in [0.1, 0.15) is 89.2 Å². The van der Waals surface area contributed by atoms with Crippen molar-refractivity contribution < 1.29 is 128 Å². The quantitative estimate of drug-likeness (QED) is 0.0276. The van der Waals surface area contributed by atoms with Gasteiger partial charge in [0.2, 0.25) is 41.6 Å². The fourth-order valence-corrected chi connectivity index (χ4v) is 19.6. The number of rotatable bonds is 20. The minimum absolute atomic E-state index is 0. The number of ketones is 3. The molecule has 0 spiro atoms. The fourth-order valence-electron chi connectivity index (χ4n) is 19.0. The number of aliphatic hydroxyl groups is 6. The number of hydrogen-bond donors (Lipinski definition) is 17. The molecule has 0 radical (unpaired) electrons. The van der Waals surface area contributed by atoms with Gasteiger partial charge in [0.15, 0.2) is 41.2 Å². The summed E-state index contributed by atoms with van der Waals surface area (Å²) in [6.45, 7) is 9.40. The van der Waals surface area contributed by atoms with Crippen molar-refractivity contribution in [3.05, 3.63) is 141 Å². The number of phenols is 3. The van der Waals surface area contributed by atoms with Crippen molar-refractivity contribution in [2.45, 2.75) is 220 Å². The molecular weight excluding hydrogens is 1700 g/mol. The molecule has 4 saturated carbocycles. The Bertz CT molecular complexity index is 4940. The molecule has 7 heterocycles. The number of benzene rings is 6. The number of Topliss-reactive ketones (excluding diaryl/α,β-unsaturated/α-hetero) is 3. The SMILES string of the molecule is CC[C@H](CC(C)C)C(=O)N[C@H]1C(=O)C[C@@H](CC(N)=O)C(=O)N[C@H]2C(=O)C[C@H]3C(=O)N[C@H](C(=O)N[C@H](C(=O)CC4C5CC6CC(C5)CC4C6)c4cc(O)cc(O)c4-c4cc3ccc4O)[C@H](O)c3ccc(c(Cl)c3)Oc3cc2cc(c3O[C@@H]2O[C@H](CO)[C@@H](O)[C@H](O)[C@H]2O[C@H]2C[C@](C)(N)[C@H](O)[C@H](C)O2)Oc2ccc(cc2Cl)[C@H]1O.CNCCCOc1ccc(S)cc1.O.O. The lowest BCUT2D eigenvalue weighted by molar-refractivity contribution is -0.333. The predicted molar refractivity (Wildman–Crippen MR) is 460 cm³/mol. The largest absolute Gasteiger partial charge is 0.508 e. The van der Waals surface area contributed by atoms with Gasteiger partial charge in [0.05, 0.1) is 47.3 Å². The van der Waals surface area contributed by atoms with Crippen LogP contribution in [0.15, 0.2) is 108 Å². The van der Waals surface area contributed by atoms with E-state index < -0.39 is 216 Å². The number of phenolic OH excluding ortho intramolecular Hbond substituents is 3. The zero-order chi connectivity index (χ0) is 89.2. The van der Waals surface area contributed by atoms with E-state index in [0.29, 0.717) is 24.7 Å². The molecule has 17 rings (SSSR count). The highest BCUT2D eigenvalue weighted by atomic mass is 35.5. The normalized spacial score (nSPS) is 30.1. The number of carbonyl (C=O) groups excluding carboxylic acids is 8. The summed E-state index contributed by atoms with van der Waals surface area (Å²) in [5.74, 6) is -14.3. The van der Waals surface area contributed by atoms with Crippen LogP contribution < -0.4 is 57.0 Å². The smallest absolute Gasteiger partial charge is 0.246 e. The van der Waals surface area contributed by atoms with Gasteiger partial charge in [0.25, 0.3) is 0 Å². The number of carbonyl (C=O) groups is 8. The van der Waals surface area contributed by atoms with Crippen molar-refractivity contribution >= 4 is 82.7 Å². The summed E-state index contributed by atoms with van der Waals surface area (Å²) < 4.78 is 44.4. The Balaban J connectivity index is 0.000000942. The number of primary amides is 1. The number of nitrogens with one attached hydrogen (secondary N) is 5. The second-order valence-corrected chi connectivity index (χ2v) is 36.1. The lowest BCUT2D eigenvalue weighted by atomic mass is 9.51. The van der Waals surface area contributed by atoms with Crippen molar-refractivity contribution in [2.24, 2.45) is 58.8 Å². The zero-order valence-corrected chi connectivity index (χ0v) is 72.8. The van der Waals surface area contributed by atoms with Gasteiger partial charge in [-0.1, -0.05) is 62.2 Å². The monoisotopic (exact) mass is 1810 g/mol. The average Bonchev–Trinajstić information content (AvgIpc) is 0.756. The molecule has 0 aromatic heterocycles. The summed E-state index contributed by atoms with van der Waals surface area (Å²) in [6.07, 6.45) is -13.7. The van der Waals surface area contributed by atoms with Crippen LogP contribution in [0.5, 0.6) is 51.7 Å². The summed E-state index contributed by atoms with van der Waals surface area (Å²) in [6, 6.07) is 15.3. The number of fused-ring (bicyclic) bond motifs is 15. The lowest BCUT2D eigenvalue weighted by Crippen LogP contribution is -2.64. The van der Waals surface area contributed by atoms with Crippen LogP contribution >= 0.6 is 35.8 Å². The number of thiol groups is 1. The van der Waals surface area contributed by atoms with Gasteiger partial charge >= 0.3 is 0 Å². The second kappa shape index (κ2) is 41.4. The molecular formula is C90H113Cl2N7O26S. The Morgan fingerprint density at radius 2 is 1.33 bits per heavy atom. The topological polar surface area (TPSA) is 558 Å². The van der Waals surface area contributed by atoms with Crippen LogP contribution in [-0.4, -0.2) is 197 Å². The number of amides is 5. The average molecular weight is 1810 g/mol. The van der Waals surface area contributed by atoms with E-state index >= 15 is 28.8 Å². The van der Waals surface area contributed by atoms with E-state index in [1.807, 2.05) is 45.2 Å². The number of halogens is 2. The lowest BCUT2D eigenvalue weighted by Gasteiger charge is -2.54. The Morgan fingerprint density at radius 3 is 1.92 bits per heavy atom. The van der Waals surface area contributed by atoms with Crippen molar-refractivity contribution in [1.82, 2.24) is 26.6 Å². The van der Waals surface area contributed by atoms with E-state index in [-0.39, 0.29) is 108 Å². The highest BCUT2D eigenvalue weighted by molar-refractivity contribution is 7.80. The molecule has 15 bridgehead atoms. The third-order valence-corrected chi connectivity index (χ3v) is 26.1. The first-order valence-electron chi connectivity index (χ1n) is 42.1. The Morgan fingerprint density at radius 1 is 0.706 bits per heavy atom. The van der Waals surface area contributed by atoms with Crippen LogP contribution in [0.1, 0.15) is 176 Å². The molecule has 33 nitrogen and oxygen atoms in total. The van der Waals surface area contributed by atoms with Gasteiger partial charge in [-0.25, -0.2) is 0 Å². The summed E-state index contributed by atoms with van der Waals surface area (Å²) in [7, 11) is 1.94. The van der Waals surface area contributed by atoms with Crippen LogP contribution in [0.3, 0.4) is 0 Å². The van der Waals surface area contributed by atoms with Crippen LogP contribution in [-0.2, 0) is 52.6 Å². The van der Waals surface area contributed by atoms with E-state index in [0.717, 1.165) is 92.7 Å². The van der Waals surface area contributed by atoms with E-state index in [9.17, 15) is 55.5 Å². The fraction of sp³-hybridized carbons (Fsp3) is 0.511. The molecule has 0 unspecified atom stereocenters. The van der Waals surface area contributed by atoms with Crippen LogP contribution in [0, 0.1) is 47.3 Å². The second-order valence-electron chi connectivity index (χ2n) is 34.8. The highest BCUT2D eigenvalue weighted by Gasteiger charge is 2.53. The van der Waals surface area contributed by atoms with Gasteiger partial charge < -0.3 is 128 Å². The summed E-state index contributed by atoms with van der Waals surface area (Å²) in [5, 5.41) is 119. The maximum atomic E-state index is 16.4. The molecule has 11 aliphatic rings. The van der Waals surface area contributed by atoms with E-state index in [2.05, 4.69) is 39.2 Å². The minimum Gasteiger partial charge on any atom is -0.508 e. The molecule has 4 aliphatic carbocycles. The van der Waals surface area contributed by atoms with Gasteiger partial charge in [-0.15, -0.1) is 12.6 Å². The van der Waals surface area contributed by atoms with Crippen LogP contribution in [0.25, 0.3) is 11.1 Å². The number of ether oxygens (including phenoxy) is 7. The Labute approximate surface area is 743 Å². The molecule has 6 aromatic carbocycles. The number of aliphatic hydroxyl groups excluding tert-OH is 6. The first-order valence-corrected chi connectivity index (χ1v) is 43.3. The number of aromatic hydroxyl groups is 3. The van der Waals surface area contributed by atoms with E-state index in [1.165, 1.54) is 62.4 Å². The summed E-state index contributed by atoms with van der Waals surface area (Å²) in [4.78, 5) is 123. The molecule has 684 valence electrons. The van der Waals surface area contributed by atoms with Crippen molar-refractivity contribution in [2.75, 3.05) is 26.8 Å². The van der Waals surface area contributed by atoms with Crippen molar-refractivity contribution in [1.29, 1.82) is 0 Å². The molecule has 6 aromatic rings. The van der Waals surface area contributed by atoms with Gasteiger partial charge in [-0.2, -0.15) is 0 Å². The minimum atomic E-state index is -2.16. The third kappa shape index (κ3) is 21.8. The molecule has 7 aliphatic heterocycles.